The lowest BCUT2D eigenvalue weighted by Gasteiger charge is -2.04. The first-order chi connectivity index (χ1) is 11.0. The van der Waals surface area contributed by atoms with Crippen LogP contribution in [0.15, 0.2) is 53.4 Å². The third-order valence-electron chi connectivity index (χ3n) is 3.85. The lowest BCUT2D eigenvalue weighted by Crippen LogP contribution is -1.96. The number of nitrogens with zero attached hydrogens (tertiary/aromatic N) is 1. The summed E-state index contributed by atoms with van der Waals surface area (Å²) < 4.78 is 28.4. The second-order valence-electron chi connectivity index (χ2n) is 5.73. The maximum absolute atomic E-state index is 11.5. The van der Waals surface area contributed by atoms with Gasteiger partial charge < -0.3 is 4.74 Å². The fourth-order valence-electron chi connectivity index (χ4n) is 2.52. The number of ether oxygens (including phenoxy) is 1. The highest BCUT2D eigenvalue weighted by molar-refractivity contribution is 7.90. The Balaban J connectivity index is 1.81. The van der Waals surface area contributed by atoms with Gasteiger partial charge in [-0.25, -0.2) is 13.4 Å². The zero-order chi connectivity index (χ0) is 16.3. The number of sulfone groups is 1. The largest absolute Gasteiger partial charge is 0.381 e. The minimum Gasteiger partial charge on any atom is -0.381 e. The molecule has 2 aromatic rings. The van der Waals surface area contributed by atoms with Crippen molar-refractivity contribution in [3.8, 4) is 11.3 Å². The standard InChI is InChI=1S/C18H19NO3S/c1-23(20,21)17-9-6-15(7-10-17)18-4-2-3-16(19-18)8-5-14-11-12-22-13-14/h2-10,14H,11-13H2,1H3/b8-5-. The van der Waals surface area contributed by atoms with Gasteiger partial charge in [0.1, 0.15) is 0 Å². The Morgan fingerprint density at radius 1 is 1.17 bits per heavy atom. The van der Waals surface area contributed by atoms with Gasteiger partial charge in [0.2, 0.25) is 0 Å². The Bertz CT molecular complexity index is 804. The van der Waals surface area contributed by atoms with E-state index in [-0.39, 0.29) is 0 Å². The van der Waals surface area contributed by atoms with Gasteiger partial charge in [-0.1, -0.05) is 24.3 Å². The second kappa shape index (κ2) is 6.64. The summed E-state index contributed by atoms with van der Waals surface area (Å²) in [4.78, 5) is 4.94. The number of aromatic nitrogens is 1. The molecule has 1 unspecified atom stereocenters. The summed E-state index contributed by atoms with van der Waals surface area (Å²) in [6.07, 6.45) is 6.43. The Labute approximate surface area is 136 Å². The van der Waals surface area contributed by atoms with E-state index in [1.165, 1.54) is 6.26 Å². The van der Waals surface area contributed by atoms with Crippen LogP contribution >= 0.6 is 0 Å². The summed E-state index contributed by atoms with van der Waals surface area (Å²) in [5.74, 6) is 0.467. The van der Waals surface area contributed by atoms with E-state index >= 15 is 0 Å². The van der Waals surface area contributed by atoms with Crippen LogP contribution in [0.4, 0.5) is 0 Å². The van der Waals surface area contributed by atoms with Crippen LogP contribution in [0.1, 0.15) is 12.1 Å². The summed E-state index contributed by atoms with van der Waals surface area (Å²) in [7, 11) is -3.17. The number of hydrogen-bond acceptors (Lipinski definition) is 4. The van der Waals surface area contributed by atoms with E-state index in [0.29, 0.717) is 10.8 Å². The average Bonchev–Trinajstić information content (AvgIpc) is 3.06. The monoisotopic (exact) mass is 329 g/mol. The number of hydrogen-bond donors (Lipinski definition) is 0. The van der Waals surface area contributed by atoms with E-state index in [2.05, 4.69) is 11.1 Å². The van der Waals surface area contributed by atoms with Crippen LogP contribution < -0.4 is 0 Å². The number of rotatable bonds is 4. The van der Waals surface area contributed by atoms with Gasteiger partial charge >= 0.3 is 0 Å². The highest BCUT2D eigenvalue weighted by atomic mass is 32.2. The SMILES string of the molecule is CS(=O)(=O)c1ccc(-c2cccc(/C=C\C3CCOC3)n2)cc1. The maximum atomic E-state index is 11.5. The molecule has 1 saturated heterocycles. The number of pyridine rings is 1. The molecule has 5 heteroatoms. The van der Waals surface area contributed by atoms with Gasteiger partial charge in [0.05, 0.1) is 22.9 Å². The molecule has 120 valence electrons. The molecule has 2 heterocycles. The van der Waals surface area contributed by atoms with Crippen molar-refractivity contribution in [2.45, 2.75) is 11.3 Å². The van der Waals surface area contributed by atoms with Crippen molar-refractivity contribution in [1.82, 2.24) is 4.98 Å². The molecular weight excluding hydrogens is 310 g/mol. The van der Waals surface area contributed by atoms with Crippen LogP contribution in [0.3, 0.4) is 0 Å². The molecule has 0 N–H and O–H groups in total. The van der Waals surface area contributed by atoms with Crippen LogP contribution in [-0.2, 0) is 14.6 Å². The lowest BCUT2D eigenvalue weighted by molar-refractivity contribution is 0.191. The molecule has 0 radical (unpaired) electrons. The maximum Gasteiger partial charge on any atom is 0.175 e. The molecule has 3 rings (SSSR count). The quantitative estimate of drug-likeness (QED) is 0.864. The highest BCUT2D eigenvalue weighted by Crippen LogP contribution is 2.21. The predicted molar refractivity (Wildman–Crippen MR) is 90.7 cm³/mol. The molecule has 4 nitrogen and oxygen atoms in total. The van der Waals surface area contributed by atoms with E-state index in [9.17, 15) is 8.42 Å². The summed E-state index contributed by atoms with van der Waals surface area (Å²) in [5, 5.41) is 0. The normalized spacial score (nSPS) is 18.6. The molecule has 1 aliphatic rings. The Morgan fingerprint density at radius 3 is 2.61 bits per heavy atom. The molecule has 0 aliphatic carbocycles. The second-order valence-corrected chi connectivity index (χ2v) is 7.74. The minimum absolute atomic E-state index is 0.318. The van der Waals surface area contributed by atoms with E-state index in [1.807, 2.05) is 24.3 Å². The molecule has 0 bridgehead atoms. The highest BCUT2D eigenvalue weighted by Gasteiger charge is 2.12. The molecule has 1 atom stereocenters. The molecule has 1 aromatic heterocycles. The van der Waals surface area contributed by atoms with Gasteiger partial charge in [0.15, 0.2) is 9.84 Å². The molecule has 0 saturated carbocycles. The molecule has 0 amide bonds. The molecule has 23 heavy (non-hydrogen) atoms. The smallest absolute Gasteiger partial charge is 0.175 e. The minimum atomic E-state index is -3.17. The van der Waals surface area contributed by atoms with Gasteiger partial charge in [0, 0.05) is 24.3 Å². The predicted octanol–water partition coefficient (Wildman–Crippen LogP) is 3.20. The van der Waals surface area contributed by atoms with Crippen molar-refractivity contribution < 1.29 is 13.2 Å². The van der Waals surface area contributed by atoms with Crippen LogP contribution in [0, 0.1) is 5.92 Å². The first kappa shape index (κ1) is 15.9. The number of benzene rings is 1. The van der Waals surface area contributed by atoms with Crippen molar-refractivity contribution >= 4 is 15.9 Å². The third kappa shape index (κ3) is 4.06. The molecule has 1 aliphatic heterocycles. The van der Waals surface area contributed by atoms with Gasteiger partial charge in [-0.2, -0.15) is 0 Å². The first-order valence-electron chi connectivity index (χ1n) is 7.56. The van der Waals surface area contributed by atoms with Crippen molar-refractivity contribution in [2.75, 3.05) is 19.5 Å². The fraction of sp³-hybridized carbons (Fsp3) is 0.278. The molecular formula is C18H19NO3S. The van der Waals surface area contributed by atoms with Crippen LogP contribution in [0.5, 0.6) is 0 Å². The summed E-state index contributed by atoms with van der Waals surface area (Å²) in [5.41, 5.74) is 2.62. The lowest BCUT2D eigenvalue weighted by atomic mass is 10.1. The van der Waals surface area contributed by atoms with Crippen molar-refractivity contribution in [3.63, 3.8) is 0 Å². The van der Waals surface area contributed by atoms with E-state index in [4.69, 9.17) is 4.74 Å². The van der Waals surface area contributed by atoms with Crippen molar-refractivity contribution in [1.29, 1.82) is 0 Å². The summed E-state index contributed by atoms with van der Waals surface area (Å²) in [6, 6.07) is 12.6. The zero-order valence-electron chi connectivity index (χ0n) is 13.0. The summed E-state index contributed by atoms with van der Waals surface area (Å²) in [6.45, 7) is 1.61. The van der Waals surface area contributed by atoms with E-state index in [0.717, 1.165) is 36.6 Å². The third-order valence-corrected chi connectivity index (χ3v) is 4.98. The van der Waals surface area contributed by atoms with Gasteiger partial charge in [-0.15, -0.1) is 0 Å². The van der Waals surface area contributed by atoms with E-state index in [1.54, 1.807) is 24.3 Å². The topological polar surface area (TPSA) is 56.3 Å². The van der Waals surface area contributed by atoms with Crippen LogP contribution in [0.25, 0.3) is 17.3 Å². The summed E-state index contributed by atoms with van der Waals surface area (Å²) >= 11 is 0. The molecule has 1 aromatic carbocycles. The van der Waals surface area contributed by atoms with Crippen molar-refractivity contribution in [3.05, 3.63) is 54.2 Å². The average molecular weight is 329 g/mol. The Hall–Kier alpha value is -1.98. The Kier molecular flexibility index (Phi) is 4.59. The zero-order valence-corrected chi connectivity index (χ0v) is 13.8. The molecule has 0 spiro atoms. The van der Waals surface area contributed by atoms with Crippen LogP contribution in [-0.4, -0.2) is 32.9 Å². The Morgan fingerprint density at radius 2 is 1.96 bits per heavy atom. The first-order valence-corrected chi connectivity index (χ1v) is 9.45. The van der Waals surface area contributed by atoms with Crippen LogP contribution in [0.2, 0.25) is 0 Å². The van der Waals surface area contributed by atoms with Gasteiger partial charge in [0.25, 0.3) is 0 Å². The van der Waals surface area contributed by atoms with E-state index < -0.39 is 9.84 Å². The fourth-order valence-corrected chi connectivity index (χ4v) is 3.15. The molecule has 1 fully saturated rings. The van der Waals surface area contributed by atoms with Gasteiger partial charge in [-0.05, 0) is 36.8 Å². The van der Waals surface area contributed by atoms with Crippen molar-refractivity contribution in [2.24, 2.45) is 5.92 Å². The van der Waals surface area contributed by atoms with Gasteiger partial charge in [-0.3, -0.25) is 0 Å².